The zero-order valence-electron chi connectivity index (χ0n) is 17.0. The molecule has 3 atom stereocenters. The normalized spacial score (nSPS) is 24.3. The SMILES string of the molecule is C[N+]1(C)C2C=C[C@@H]1CC(OC(=O)C(O)(c1cc(F)cc(F)c1)c1cc(F)cc(F)c1)C2. The zero-order valence-corrected chi connectivity index (χ0v) is 17.0. The molecule has 1 fully saturated rings. The Morgan fingerprint density at radius 1 is 0.871 bits per heavy atom. The predicted molar refractivity (Wildman–Crippen MR) is 104 cm³/mol. The largest absolute Gasteiger partial charge is 0.459 e. The number of piperidine rings is 1. The van der Waals surface area contributed by atoms with Gasteiger partial charge in [0.15, 0.2) is 0 Å². The Balaban J connectivity index is 1.72. The minimum Gasteiger partial charge on any atom is -0.459 e. The van der Waals surface area contributed by atoms with Crippen molar-refractivity contribution in [2.75, 3.05) is 14.1 Å². The fourth-order valence-corrected chi connectivity index (χ4v) is 4.54. The van der Waals surface area contributed by atoms with E-state index in [4.69, 9.17) is 4.74 Å². The van der Waals surface area contributed by atoms with Crippen LogP contribution in [0, 0.1) is 23.3 Å². The Bertz CT molecular complexity index is 959. The summed E-state index contributed by atoms with van der Waals surface area (Å²) in [5, 5.41) is 11.3. The molecule has 0 aliphatic carbocycles. The van der Waals surface area contributed by atoms with Gasteiger partial charge in [0.05, 0.1) is 14.1 Å². The highest BCUT2D eigenvalue weighted by Gasteiger charge is 2.49. The molecule has 2 bridgehead atoms. The van der Waals surface area contributed by atoms with Gasteiger partial charge in [-0.25, -0.2) is 22.4 Å². The number of hydrogen-bond donors (Lipinski definition) is 1. The number of benzene rings is 2. The van der Waals surface area contributed by atoms with E-state index < -0.39 is 52.1 Å². The summed E-state index contributed by atoms with van der Waals surface area (Å²) in [6.07, 6.45) is 4.49. The van der Waals surface area contributed by atoms with Crippen LogP contribution in [-0.2, 0) is 15.1 Å². The number of ether oxygens (including phenoxy) is 1. The third kappa shape index (κ3) is 3.74. The average molecular weight is 436 g/mol. The molecule has 1 N–H and O–H groups in total. The van der Waals surface area contributed by atoms with Crippen LogP contribution >= 0.6 is 0 Å². The molecular weight excluding hydrogens is 414 g/mol. The molecule has 2 aromatic rings. The van der Waals surface area contributed by atoms with E-state index in [1.807, 2.05) is 0 Å². The molecular formula is C23H22F4NO3+. The molecule has 0 spiro atoms. The number of esters is 1. The van der Waals surface area contributed by atoms with Gasteiger partial charge < -0.3 is 14.3 Å². The highest BCUT2D eigenvalue weighted by atomic mass is 19.1. The number of halogens is 4. The van der Waals surface area contributed by atoms with Gasteiger partial charge in [-0.2, -0.15) is 0 Å². The highest BCUT2D eigenvalue weighted by molar-refractivity contribution is 5.85. The van der Waals surface area contributed by atoms with Gasteiger partial charge in [0.2, 0.25) is 5.60 Å². The molecule has 31 heavy (non-hydrogen) atoms. The summed E-state index contributed by atoms with van der Waals surface area (Å²) >= 11 is 0. The summed E-state index contributed by atoms with van der Waals surface area (Å²) in [7, 11) is 4.13. The van der Waals surface area contributed by atoms with Crippen LogP contribution in [0.15, 0.2) is 48.6 Å². The Morgan fingerprint density at radius 2 is 1.26 bits per heavy atom. The Kier molecular flexibility index (Phi) is 5.18. The Hall–Kier alpha value is -2.71. The van der Waals surface area contributed by atoms with Crippen molar-refractivity contribution >= 4 is 5.97 Å². The minimum atomic E-state index is -2.81. The minimum absolute atomic E-state index is 0.0999. The molecule has 1 saturated heterocycles. The molecule has 0 saturated carbocycles. The molecule has 164 valence electrons. The third-order valence-corrected chi connectivity index (χ3v) is 6.40. The lowest BCUT2D eigenvalue weighted by Crippen LogP contribution is -2.57. The van der Waals surface area contributed by atoms with Crippen LogP contribution in [0.25, 0.3) is 0 Å². The molecule has 0 aromatic heterocycles. The topological polar surface area (TPSA) is 46.5 Å². The molecule has 2 heterocycles. The van der Waals surface area contributed by atoms with Crippen molar-refractivity contribution < 1.29 is 36.7 Å². The van der Waals surface area contributed by atoms with Crippen molar-refractivity contribution in [2.24, 2.45) is 0 Å². The first kappa shape index (κ1) is 21.5. The number of carbonyl (C=O) groups excluding carboxylic acids is 1. The molecule has 8 heteroatoms. The second-order valence-corrected chi connectivity index (χ2v) is 8.67. The summed E-state index contributed by atoms with van der Waals surface area (Å²) in [5.74, 6) is -5.48. The van der Waals surface area contributed by atoms with Crippen LogP contribution in [0.3, 0.4) is 0 Å². The van der Waals surface area contributed by atoms with E-state index in [1.54, 1.807) is 0 Å². The average Bonchev–Trinajstić information content (AvgIpc) is 2.82. The van der Waals surface area contributed by atoms with E-state index in [1.165, 1.54) is 0 Å². The lowest BCUT2D eigenvalue weighted by Gasteiger charge is -2.44. The van der Waals surface area contributed by atoms with E-state index >= 15 is 0 Å². The molecule has 2 unspecified atom stereocenters. The van der Waals surface area contributed by atoms with Crippen LogP contribution < -0.4 is 0 Å². The Labute approximate surface area is 177 Å². The van der Waals surface area contributed by atoms with Gasteiger partial charge >= 0.3 is 5.97 Å². The van der Waals surface area contributed by atoms with E-state index in [9.17, 15) is 27.5 Å². The maximum absolute atomic E-state index is 13.9. The smallest absolute Gasteiger partial charge is 0.347 e. The van der Waals surface area contributed by atoms with E-state index in [0.717, 1.165) is 24.3 Å². The van der Waals surface area contributed by atoms with Gasteiger partial charge in [-0.15, -0.1) is 0 Å². The number of likely N-dealkylation sites (N-methyl/N-ethyl adjacent to an activating group) is 1. The number of quaternary nitrogens is 1. The highest BCUT2D eigenvalue weighted by Crippen LogP contribution is 2.38. The van der Waals surface area contributed by atoms with Crippen molar-refractivity contribution in [3.05, 3.63) is 82.9 Å². The number of fused-ring (bicyclic) bond motifs is 2. The third-order valence-electron chi connectivity index (χ3n) is 6.40. The molecule has 0 radical (unpaired) electrons. The summed E-state index contributed by atoms with van der Waals surface area (Å²) in [5.41, 5.74) is -3.85. The van der Waals surface area contributed by atoms with Gasteiger partial charge in [0, 0.05) is 36.1 Å². The van der Waals surface area contributed by atoms with Crippen molar-refractivity contribution in [3.63, 3.8) is 0 Å². The van der Waals surface area contributed by atoms with Gasteiger partial charge in [-0.05, 0) is 36.4 Å². The first-order valence-corrected chi connectivity index (χ1v) is 9.88. The fourth-order valence-electron chi connectivity index (χ4n) is 4.54. The van der Waals surface area contributed by atoms with Gasteiger partial charge in [0.25, 0.3) is 0 Å². The van der Waals surface area contributed by atoms with Crippen molar-refractivity contribution in [1.29, 1.82) is 0 Å². The first-order valence-electron chi connectivity index (χ1n) is 9.88. The molecule has 0 amide bonds. The van der Waals surface area contributed by atoms with Gasteiger partial charge in [-0.3, -0.25) is 0 Å². The second-order valence-electron chi connectivity index (χ2n) is 8.67. The summed E-state index contributed by atoms with van der Waals surface area (Å²) in [4.78, 5) is 13.2. The first-order chi connectivity index (χ1) is 14.5. The van der Waals surface area contributed by atoms with Crippen molar-refractivity contribution in [3.8, 4) is 0 Å². The fraction of sp³-hybridized carbons (Fsp3) is 0.348. The molecule has 2 aliphatic heterocycles. The van der Waals surface area contributed by atoms with Crippen molar-refractivity contribution in [1.82, 2.24) is 0 Å². The monoisotopic (exact) mass is 436 g/mol. The maximum atomic E-state index is 13.9. The lowest BCUT2D eigenvalue weighted by molar-refractivity contribution is -0.926. The summed E-state index contributed by atoms with van der Waals surface area (Å²) in [6, 6.07) is 4.26. The van der Waals surface area contributed by atoms with Crippen LogP contribution in [0.2, 0.25) is 0 Å². The van der Waals surface area contributed by atoms with Crippen LogP contribution in [0.1, 0.15) is 24.0 Å². The number of nitrogens with zero attached hydrogens (tertiary/aromatic N) is 1. The van der Waals surface area contributed by atoms with Gasteiger partial charge in [-0.1, -0.05) is 0 Å². The quantitative estimate of drug-likeness (QED) is 0.345. The molecule has 4 nitrogen and oxygen atoms in total. The number of carbonyl (C=O) groups is 1. The standard InChI is InChI=1S/C23H22F4NO3/c1-28(2)19-3-4-20(28)12-21(11-19)31-22(29)23(30,13-5-15(24)9-16(25)6-13)14-7-17(26)10-18(27)8-14/h3-10,19-21,30H,11-12H2,1-2H3/q+1/t19-,20?,21?/m1/s1. The second kappa shape index (κ2) is 7.46. The number of aliphatic hydroxyl groups is 1. The van der Waals surface area contributed by atoms with Gasteiger partial charge in [0.1, 0.15) is 41.5 Å². The van der Waals surface area contributed by atoms with Crippen LogP contribution in [0.4, 0.5) is 17.6 Å². The molecule has 2 aromatic carbocycles. The molecule has 2 aliphatic rings. The van der Waals surface area contributed by atoms with Crippen LogP contribution in [0.5, 0.6) is 0 Å². The predicted octanol–water partition coefficient (Wildman–Crippen LogP) is 3.57. The molecule has 4 rings (SSSR count). The lowest BCUT2D eigenvalue weighted by atomic mass is 9.85. The Morgan fingerprint density at radius 3 is 1.65 bits per heavy atom. The zero-order chi connectivity index (χ0) is 22.6. The summed E-state index contributed by atoms with van der Waals surface area (Å²) < 4.78 is 61.8. The van der Waals surface area contributed by atoms with Crippen molar-refractivity contribution in [2.45, 2.75) is 36.6 Å². The maximum Gasteiger partial charge on any atom is 0.347 e. The van der Waals surface area contributed by atoms with E-state index in [2.05, 4.69) is 26.2 Å². The van der Waals surface area contributed by atoms with Crippen LogP contribution in [-0.4, -0.2) is 47.8 Å². The summed E-state index contributed by atoms with van der Waals surface area (Å²) in [6.45, 7) is 0. The van der Waals surface area contributed by atoms with E-state index in [-0.39, 0.29) is 12.1 Å². The number of hydrogen-bond acceptors (Lipinski definition) is 3. The van der Waals surface area contributed by atoms with E-state index in [0.29, 0.717) is 29.5 Å². The number of rotatable bonds is 4.